The molecule has 0 saturated heterocycles. The molecule has 0 amide bonds. The second-order valence-corrected chi connectivity index (χ2v) is 4.92. The van der Waals surface area contributed by atoms with Crippen LogP contribution in [0.2, 0.25) is 5.28 Å². The Kier molecular flexibility index (Phi) is 3.05. The van der Waals surface area contributed by atoms with Crippen LogP contribution in [0.1, 0.15) is 12.8 Å². The van der Waals surface area contributed by atoms with Gasteiger partial charge in [-0.1, -0.05) is 0 Å². The van der Waals surface area contributed by atoms with E-state index in [2.05, 4.69) is 37.2 Å². The number of likely N-dealkylation sites (N-methyl/N-ethyl adjacent to an activating group) is 1. The normalized spacial score (nSPS) is 15.5. The highest BCUT2D eigenvalue weighted by molar-refractivity contribution is 6.28. The Morgan fingerprint density at radius 1 is 1.50 bits per heavy atom. The van der Waals surface area contributed by atoms with Gasteiger partial charge in [-0.05, 0) is 31.5 Å². The van der Waals surface area contributed by atoms with E-state index in [1.165, 1.54) is 12.8 Å². The number of rotatable bonds is 5. The van der Waals surface area contributed by atoms with E-state index in [0.29, 0.717) is 11.5 Å². The van der Waals surface area contributed by atoms with E-state index in [0.717, 1.165) is 24.6 Å². The first-order valence-corrected chi connectivity index (χ1v) is 6.42. The fourth-order valence-corrected chi connectivity index (χ4v) is 2.15. The number of nitrogens with one attached hydrogen (secondary N) is 2. The summed E-state index contributed by atoms with van der Waals surface area (Å²) in [5.74, 6) is 0.715. The van der Waals surface area contributed by atoms with Gasteiger partial charge in [0.05, 0.1) is 6.33 Å². The van der Waals surface area contributed by atoms with Crippen LogP contribution in [0.4, 0.5) is 5.82 Å². The van der Waals surface area contributed by atoms with Crippen LogP contribution in [0.25, 0.3) is 11.2 Å². The molecule has 0 aliphatic heterocycles. The minimum atomic E-state index is 0.215. The van der Waals surface area contributed by atoms with Gasteiger partial charge in [-0.3, -0.25) is 0 Å². The molecule has 18 heavy (non-hydrogen) atoms. The highest BCUT2D eigenvalue weighted by atomic mass is 35.5. The number of hydrogen-bond donors (Lipinski definition) is 2. The summed E-state index contributed by atoms with van der Waals surface area (Å²) >= 11 is 5.86. The number of halogens is 1. The van der Waals surface area contributed by atoms with Crippen molar-refractivity contribution in [1.82, 2.24) is 24.8 Å². The number of fused-ring (bicyclic) bond motifs is 1. The molecule has 0 radical (unpaired) electrons. The number of aromatic amines is 1. The van der Waals surface area contributed by atoms with Crippen molar-refractivity contribution in [3.05, 3.63) is 11.6 Å². The van der Waals surface area contributed by atoms with Gasteiger partial charge in [0.15, 0.2) is 11.5 Å². The molecule has 1 saturated carbocycles. The lowest BCUT2D eigenvalue weighted by atomic mass is 10.4. The number of anilines is 1. The van der Waals surface area contributed by atoms with Crippen molar-refractivity contribution in [3.63, 3.8) is 0 Å². The third-order valence-corrected chi connectivity index (χ3v) is 3.35. The molecule has 3 rings (SSSR count). The molecule has 0 aromatic carbocycles. The zero-order valence-electron chi connectivity index (χ0n) is 10.1. The molecule has 1 aliphatic carbocycles. The van der Waals surface area contributed by atoms with Gasteiger partial charge >= 0.3 is 0 Å². The van der Waals surface area contributed by atoms with E-state index in [-0.39, 0.29) is 5.28 Å². The van der Waals surface area contributed by atoms with Crippen molar-refractivity contribution < 1.29 is 0 Å². The summed E-state index contributed by atoms with van der Waals surface area (Å²) in [5, 5.41) is 3.50. The quantitative estimate of drug-likeness (QED) is 0.803. The van der Waals surface area contributed by atoms with Gasteiger partial charge in [0.2, 0.25) is 5.28 Å². The largest absolute Gasteiger partial charge is 0.367 e. The van der Waals surface area contributed by atoms with Gasteiger partial charge in [-0.2, -0.15) is 9.97 Å². The van der Waals surface area contributed by atoms with E-state index < -0.39 is 0 Å². The standard InChI is InChI=1S/C11H15ClN6/c1-18(7-2-3-7)5-4-13-9-8-10(15-6-14-8)17-11(12)16-9/h6-7H,2-5H2,1H3,(H2,13,14,15,16,17). The van der Waals surface area contributed by atoms with E-state index in [1.807, 2.05) is 0 Å². The third-order valence-electron chi connectivity index (χ3n) is 3.19. The van der Waals surface area contributed by atoms with Crippen molar-refractivity contribution in [3.8, 4) is 0 Å². The first kappa shape index (κ1) is 11.7. The lowest BCUT2D eigenvalue weighted by Crippen LogP contribution is -2.27. The zero-order chi connectivity index (χ0) is 12.5. The molecule has 0 spiro atoms. The smallest absolute Gasteiger partial charge is 0.226 e. The second-order valence-electron chi connectivity index (χ2n) is 4.58. The topological polar surface area (TPSA) is 69.7 Å². The van der Waals surface area contributed by atoms with Crippen LogP contribution in [-0.4, -0.2) is 51.0 Å². The Labute approximate surface area is 110 Å². The van der Waals surface area contributed by atoms with Crippen molar-refractivity contribution in [2.24, 2.45) is 0 Å². The van der Waals surface area contributed by atoms with E-state index in [4.69, 9.17) is 11.6 Å². The Morgan fingerprint density at radius 3 is 3.11 bits per heavy atom. The van der Waals surface area contributed by atoms with Crippen molar-refractivity contribution in [2.45, 2.75) is 18.9 Å². The van der Waals surface area contributed by atoms with Crippen molar-refractivity contribution >= 4 is 28.6 Å². The molecule has 2 aromatic rings. The van der Waals surface area contributed by atoms with Crippen LogP contribution in [0.5, 0.6) is 0 Å². The summed E-state index contributed by atoms with van der Waals surface area (Å²) in [6.45, 7) is 1.82. The third kappa shape index (κ3) is 2.39. The number of H-pyrrole nitrogens is 1. The summed E-state index contributed by atoms with van der Waals surface area (Å²) in [5.41, 5.74) is 1.39. The number of hydrogen-bond acceptors (Lipinski definition) is 5. The lowest BCUT2D eigenvalue weighted by Gasteiger charge is -2.16. The average molecular weight is 267 g/mol. The van der Waals surface area contributed by atoms with Crippen molar-refractivity contribution in [1.29, 1.82) is 0 Å². The van der Waals surface area contributed by atoms with Crippen LogP contribution >= 0.6 is 11.6 Å². The average Bonchev–Trinajstić information content (AvgIpc) is 3.08. The molecule has 1 aliphatic rings. The van der Waals surface area contributed by atoms with Gasteiger partial charge < -0.3 is 15.2 Å². The maximum Gasteiger partial charge on any atom is 0.226 e. The molecule has 7 heteroatoms. The van der Waals surface area contributed by atoms with Gasteiger partial charge in [-0.15, -0.1) is 0 Å². The minimum absolute atomic E-state index is 0.215. The molecule has 96 valence electrons. The molecular formula is C11H15ClN6. The molecule has 2 aromatic heterocycles. The predicted molar refractivity (Wildman–Crippen MR) is 70.8 cm³/mol. The molecule has 2 N–H and O–H groups in total. The first-order chi connectivity index (χ1) is 8.74. The van der Waals surface area contributed by atoms with E-state index in [1.54, 1.807) is 6.33 Å². The van der Waals surface area contributed by atoms with Gasteiger partial charge in [0, 0.05) is 19.1 Å². The summed E-state index contributed by atoms with van der Waals surface area (Å²) in [6, 6.07) is 0.771. The van der Waals surface area contributed by atoms with Crippen LogP contribution < -0.4 is 5.32 Å². The fourth-order valence-electron chi connectivity index (χ4n) is 1.98. The number of aromatic nitrogens is 4. The van der Waals surface area contributed by atoms with Crippen LogP contribution in [-0.2, 0) is 0 Å². The van der Waals surface area contributed by atoms with Crippen molar-refractivity contribution in [2.75, 3.05) is 25.5 Å². The molecular weight excluding hydrogens is 252 g/mol. The number of nitrogens with zero attached hydrogens (tertiary/aromatic N) is 4. The zero-order valence-corrected chi connectivity index (χ0v) is 10.9. The maximum atomic E-state index is 5.86. The fraction of sp³-hybridized carbons (Fsp3) is 0.545. The molecule has 6 nitrogen and oxygen atoms in total. The summed E-state index contributed by atoms with van der Waals surface area (Å²) in [6.07, 6.45) is 4.23. The minimum Gasteiger partial charge on any atom is -0.367 e. The Hall–Kier alpha value is -1.40. The highest BCUT2D eigenvalue weighted by Gasteiger charge is 2.25. The monoisotopic (exact) mass is 266 g/mol. The molecule has 2 heterocycles. The Morgan fingerprint density at radius 2 is 2.33 bits per heavy atom. The first-order valence-electron chi connectivity index (χ1n) is 6.05. The van der Waals surface area contributed by atoms with E-state index >= 15 is 0 Å². The Bertz CT molecular complexity index is 549. The van der Waals surface area contributed by atoms with Crippen LogP contribution in [0, 0.1) is 0 Å². The maximum absolute atomic E-state index is 5.86. The number of imidazole rings is 1. The van der Waals surface area contributed by atoms with E-state index in [9.17, 15) is 0 Å². The summed E-state index contributed by atoms with van der Waals surface area (Å²) in [7, 11) is 2.15. The molecule has 0 bridgehead atoms. The molecule has 0 atom stereocenters. The van der Waals surface area contributed by atoms with Gasteiger partial charge in [0.25, 0.3) is 0 Å². The Balaban J connectivity index is 1.67. The van der Waals surface area contributed by atoms with Gasteiger partial charge in [-0.25, -0.2) is 4.98 Å². The summed E-state index contributed by atoms with van der Waals surface area (Å²) in [4.78, 5) is 17.7. The van der Waals surface area contributed by atoms with Crippen LogP contribution in [0.3, 0.4) is 0 Å². The SMILES string of the molecule is CN(CCNc1nc(Cl)nc2nc[nH]c12)C1CC1. The highest BCUT2D eigenvalue weighted by Crippen LogP contribution is 2.25. The predicted octanol–water partition coefficient (Wildman–Crippen LogP) is 1.51. The molecule has 0 unspecified atom stereocenters. The second kappa shape index (κ2) is 4.70. The van der Waals surface area contributed by atoms with Crippen LogP contribution in [0.15, 0.2) is 6.33 Å². The summed E-state index contributed by atoms with van der Waals surface area (Å²) < 4.78 is 0. The van der Waals surface area contributed by atoms with Gasteiger partial charge in [0.1, 0.15) is 5.52 Å². The molecule has 1 fully saturated rings. The lowest BCUT2D eigenvalue weighted by molar-refractivity contribution is 0.337.